The summed E-state index contributed by atoms with van der Waals surface area (Å²) in [6, 6.07) is 7.73. The standard InChI is InChI=1S/C14H21NO2/c1-14(16,11-6-5-9-15-10-11)12-7-3-4-8-13(12)17-2/h3-4,7-8,11,15-16H,5-6,9-10H2,1-2H3. The lowest BCUT2D eigenvalue weighted by molar-refractivity contribution is -0.0174. The molecule has 3 nitrogen and oxygen atoms in total. The van der Waals surface area contributed by atoms with Gasteiger partial charge in [0.2, 0.25) is 0 Å². The van der Waals surface area contributed by atoms with Crippen molar-refractivity contribution in [2.75, 3.05) is 20.2 Å². The van der Waals surface area contributed by atoms with E-state index in [2.05, 4.69) is 5.32 Å². The molecule has 2 atom stereocenters. The van der Waals surface area contributed by atoms with Gasteiger partial charge in [0.15, 0.2) is 0 Å². The van der Waals surface area contributed by atoms with E-state index >= 15 is 0 Å². The smallest absolute Gasteiger partial charge is 0.124 e. The van der Waals surface area contributed by atoms with Gasteiger partial charge in [0.1, 0.15) is 5.75 Å². The van der Waals surface area contributed by atoms with Gasteiger partial charge in [-0.3, -0.25) is 0 Å². The van der Waals surface area contributed by atoms with Crippen LogP contribution in [0.5, 0.6) is 5.75 Å². The summed E-state index contributed by atoms with van der Waals surface area (Å²) >= 11 is 0. The Morgan fingerprint density at radius 1 is 1.41 bits per heavy atom. The van der Waals surface area contributed by atoms with E-state index in [9.17, 15) is 5.11 Å². The SMILES string of the molecule is COc1ccccc1C(C)(O)C1CCCNC1. The summed E-state index contributed by atoms with van der Waals surface area (Å²) in [6.07, 6.45) is 2.17. The van der Waals surface area contributed by atoms with Crippen molar-refractivity contribution in [3.63, 3.8) is 0 Å². The number of methoxy groups -OCH3 is 1. The summed E-state index contributed by atoms with van der Waals surface area (Å²) in [5, 5.41) is 14.1. The van der Waals surface area contributed by atoms with E-state index in [-0.39, 0.29) is 5.92 Å². The van der Waals surface area contributed by atoms with Crippen molar-refractivity contribution in [1.29, 1.82) is 0 Å². The molecule has 0 saturated carbocycles. The average Bonchev–Trinajstić information content (AvgIpc) is 2.39. The van der Waals surface area contributed by atoms with Gasteiger partial charge in [-0.1, -0.05) is 18.2 Å². The minimum Gasteiger partial charge on any atom is -0.496 e. The lowest BCUT2D eigenvalue weighted by Gasteiger charge is -2.37. The Morgan fingerprint density at radius 2 is 2.18 bits per heavy atom. The molecule has 2 unspecified atom stereocenters. The fraction of sp³-hybridized carbons (Fsp3) is 0.571. The largest absolute Gasteiger partial charge is 0.496 e. The fourth-order valence-corrected chi connectivity index (χ4v) is 2.61. The summed E-state index contributed by atoms with van der Waals surface area (Å²) in [6.45, 7) is 3.81. The summed E-state index contributed by atoms with van der Waals surface area (Å²) in [4.78, 5) is 0. The third-order valence-electron chi connectivity index (χ3n) is 3.74. The molecule has 1 aromatic carbocycles. The van der Waals surface area contributed by atoms with Crippen LogP contribution >= 0.6 is 0 Å². The number of para-hydroxylation sites is 1. The molecule has 1 heterocycles. The molecule has 0 amide bonds. The van der Waals surface area contributed by atoms with Crippen LogP contribution in [0.4, 0.5) is 0 Å². The fourth-order valence-electron chi connectivity index (χ4n) is 2.61. The zero-order valence-corrected chi connectivity index (χ0v) is 10.6. The van der Waals surface area contributed by atoms with E-state index in [1.165, 1.54) is 0 Å². The van der Waals surface area contributed by atoms with Crippen LogP contribution in [-0.4, -0.2) is 25.3 Å². The molecule has 1 aliphatic heterocycles. The lowest BCUT2D eigenvalue weighted by Crippen LogP contribution is -2.42. The number of ether oxygens (including phenoxy) is 1. The highest BCUT2D eigenvalue weighted by atomic mass is 16.5. The number of rotatable bonds is 3. The molecule has 1 saturated heterocycles. The summed E-state index contributed by atoms with van der Waals surface area (Å²) in [5.41, 5.74) is 0.0521. The van der Waals surface area contributed by atoms with Gasteiger partial charge in [0.05, 0.1) is 12.7 Å². The van der Waals surface area contributed by atoms with E-state index in [0.717, 1.165) is 37.2 Å². The zero-order valence-electron chi connectivity index (χ0n) is 10.6. The molecule has 0 radical (unpaired) electrons. The molecule has 0 bridgehead atoms. The van der Waals surface area contributed by atoms with Crippen molar-refractivity contribution in [1.82, 2.24) is 5.32 Å². The second kappa shape index (κ2) is 5.07. The van der Waals surface area contributed by atoms with Crippen LogP contribution in [-0.2, 0) is 5.60 Å². The molecule has 2 rings (SSSR count). The quantitative estimate of drug-likeness (QED) is 0.841. The molecule has 17 heavy (non-hydrogen) atoms. The van der Waals surface area contributed by atoms with Gasteiger partial charge in [0.25, 0.3) is 0 Å². The second-order valence-corrected chi connectivity index (χ2v) is 4.89. The maximum Gasteiger partial charge on any atom is 0.124 e. The Bertz CT molecular complexity index is 370. The van der Waals surface area contributed by atoms with Crippen LogP contribution < -0.4 is 10.1 Å². The van der Waals surface area contributed by atoms with Gasteiger partial charge in [-0.2, -0.15) is 0 Å². The number of piperidine rings is 1. The Morgan fingerprint density at radius 3 is 2.82 bits per heavy atom. The Labute approximate surface area is 103 Å². The highest BCUT2D eigenvalue weighted by Gasteiger charge is 2.36. The van der Waals surface area contributed by atoms with Crippen molar-refractivity contribution >= 4 is 0 Å². The molecule has 2 N–H and O–H groups in total. The normalized spacial score (nSPS) is 24.1. The topological polar surface area (TPSA) is 41.5 Å². The molecule has 0 spiro atoms. The molecule has 0 aromatic heterocycles. The predicted molar refractivity (Wildman–Crippen MR) is 68.2 cm³/mol. The molecule has 1 aliphatic rings. The van der Waals surface area contributed by atoms with Crippen LogP contribution in [0, 0.1) is 5.92 Å². The van der Waals surface area contributed by atoms with Gasteiger partial charge in [-0.25, -0.2) is 0 Å². The van der Waals surface area contributed by atoms with E-state index in [0.29, 0.717) is 0 Å². The maximum absolute atomic E-state index is 10.8. The predicted octanol–water partition coefficient (Wildman–Crippen LogP) is 1.90. The molecule has 1 fully saturated rings. The van der Waals surface area contributed by atoms with E-state index in [4.69, 9.17) is 4.74 Å². The average molecular weight is 235 g/mol. The van der Waals surface area contributed by atoms with Crippen molar-refractivity contribution in [2.24, 2.45) is 5.92 Å². The minimum absolute atomic E-state index is 0.243. The van der Waals surface area contributed by atoms with Crippen LogP contribution in [0.15, 0.2) is 24.3 Å². The van der Waals surface area contributed by atoms with Gasteiger partial charge < -0.3 is 15.2 Å². The first kappa shape index (κ1) is 12.4. The monoisotopic (exact) mass is 235 g/mol. The number of nitrogens with one attached hydrogen (secondary N) is 1. The first-order valence-electron chi connectivity index (χ1n) is 6.23. The third-order valence-corrected chi connectivity index (χ3v) is 3.74. The lowest BCUT2D eigenvalue weighted by atomic mass is 9.78. The number of hydrogen-bond donors (Lipinski definition) is 2. The van der Waals surface area contributed by atoms with Crippen molar-refractivity contribution in [3.05, 3.63) is 29.8 Å². The Kier molecular flexibility index (Phi) is 3.69. The van der Waals surface area contributed by atoms with Crippen molar-refractivity contribution in [2.45, 2.75) is 25.4 Å². The van der Waals surface area contributed by atoms with Crippen molar-refractivity contribution in [3.8, 4) is 5.75 Å². The van der Waals surface area contributed by atoms with Crippen molar-refractivity contribution < 1.29 is 9.84 Å². The highest BCUT2D eigenvalue weighted by Crippen LogP contribution is 2.37. The molecule has 3 heteroatoms. The number of aliphatic hydroxyl groups is 1. The van der Waals surface area contributed by atoms with Crippen LogP contribution in [0.3, 0.4) is 0 Å². The maximum atomic E-state index is 10.8. The highest BCUT2D eigenvalue weighted by molar-refractivity contribution is 5.38. The zero-order chi connectivity index (χ0) is 12.3. The van der Waals surface area contributed by atoms with Gasteiger partial charge in [-0.05, 0) is 32.4 Å². The van der Waals surface area contributed by atoms with Gasteiger partial charge >= 0.3 is 0 Å². The number of benzene rings is 1. The summed E-state index contributed by atoms with van der Waals surface area (Å²) in [7, 11) is 1.65. The molecule has 1 aromatic rings. The van der Waals surface area contributed by atoms with E-state index in [1.807, 2.05) is 31.2 Å². The van der Waals surface area contributed by atoms with Crippen LogP contribution in [0.2, 0.25) is 0 Å². The molecular formula is C14H21NO2. The summed E-state index contributed by atoms with van der Waals surface area (Å²) < 4.78 is 5.34. The molecule has 0 aliphatic carbocycles. The Hall–Kier alpha value is -1.06. The van der Waals surface area contributed by atoms with Crippen LogP contribution in [0.25, 0.3) is 0 Å². The Balaban J connectivity index is 2.29. The second-order valence-electron chi connectivity index (χ2n) is 4.89. The summed E-state index contributed by atoms with van der Waals surface area (Å²) in [5.74, 6) is 1.01. The van der Waals surface area contributed by atoms with E-state index in [1.54, 1.807) is 7.11 Å². The third kappa shape index (κ3) is 2.45. The van der Waals surface area contributed by atoms with Gasteiger partial charge in [-0.15, -0.1) is 0 Å². The molecule has 94 valence electrons. The molecular weight excluding hydrogens is 214 g/mol. The van der Waals surface area contributed by atoms with Gasteiger partial charge in [0, 0.05) is 18.0 Å². The minimum atomic E-state index is -0.833. The number of hydrogen-bond acceptors (Lipinski definition) is 3. The first-order chi connectivity index (χ1) is 8.16. The van der Waals surface area contributed by atoms with E-state index < -0.39 is 5.60 Å². The first-order valence-corrected chi connectivity index (χ1v) is 6.23. The van der Waals surface area contributed by atoms with Crippen LogP contribution in [0.1, 0.15) is 25.3 Å².